The van der Waals surface area contributed by atoms with Crippen molar-refractivity contribution in [3.63, 3.8) is 0 Å². The fraction of sp³-hybridized carbons (Fsp3) is 0.897. The number of hydrogen-bond donors (Lipinski definition) is 0. The van der Waals surface area contributed by atoms with Crippen LogP contribution in [0.4, 0.5) is 0 Å². The lowest BCUT2D eigenvalue weighted by atomic mass is 9.47. The second kappa shape index (κ2) is 25.4. The molecular weight excluding hydrogens is 697 g/mol. The Hall–Kier alpha value is -0.780. The van der Waals surface area contributed by atoms with Crippen LogP contribution in [0.15, 0.2) is 30.3 Å². The van der Waals surface area contributed by atoms with Crippen molar-refractivity contribution in [2.45, 2.75) is 259 Å². The lowest BCUT2D eigenvalue weighted by Crippen LogP contribution is -2.49. The summed E-state index contributed by atoms with van der Waals surface area (Å²) in [6, 6.07) is 10.6. The molecule has 4 aliphatic carbocycles. The minimum atomic E-state index is 0.576. The second-order valence-corrected chi connectivity index (χ2v) is 25.6. The van der Waals surface area contributed by atoms with Crippen molar-refractivity contribution >= 4 is 0 Å². The molecule has 1 aromatic rings. The van der Waals surface area contributed by atoms with Gasteiger partial charge in [-0.05, 0) is 116 Å². The third-order valence-electron chi connectivity index (χ3n) is 17.9. The highest BCUT2D eigenvalue weighted by Crippen LogP contribution is 2.61. The Morgan fingerprint density at radius 3 is 0.707 bits per heavy atom. The number of hydrogen-bond acceptors (Lipinski definition) is 0. The van der Waals surface area contributed by atoms with E-state index in [1.807, 2.05) is 0 Å². The van der Waals surface area contributed by atoms with Crippen LogP contribution in [0, 0.1) is 78.8 Å². The molecular formula is C58H116. The first-order chi connectivity index (χ1) is 25.9. The summed E-state index contributed by atoms with van der Waals surface area (Å²) in [4.78, 5) is 0. The van der Waals surface area contributed by atoms with Gasteiger partial charge in [-0.25, -0.2) is 0 Å². The SMILES string of the molecule is CC(C)C.CC1CC(C)(C)C1(C)C.CC1CC(C)(C)C1(C)C.CC1CC(C)(C)C1(C)C.CC1CC(C)(C)C1(C)C.CCC(C)C.CCCC.CCCc1ccccc1. The normalized spacial score (nSPS) is 26.8. The van der Waals surface area contributed by atoms with Crippen LogP contribution in [-0.2, 0) is 6.42 Å². The van der Waals surface area contributed by atoms with Crippen molar-refractivity contribution in [1.82, 2.24) is 0 Å². The second-order valence-electron chi connectivity index (χ2n) is 25.6. The lowest BCUT2D eigenvalue weighted by molar-refractivity contribution is -0.0833. The molecule has 0 saturated heterocycles. The first-order valence-corrected chi connectivity index (χ1v) is 24.9. The lowest BCUT2D eigenvalue weighted by Gasteiger charge is -2.58. The smallest absolute Gasteiger partial charge is 0.0277 e. The van der Waals surface area contributed by atoms with Gasteiger partial charge >= 0.3 is 0 Å². The van der Waals surface area contributed by atoms with E-state index in [0.29, 0.717) is 43.3 Å². The molecule has 348 valence electrons. The first kappa shape index (κ1) is 61.5. The van der Waals surface area contributed by atoms with Gasteiger partial charge in [-0.2, -0.15) is 0 Å². The van der Waals surface area contributed by atoms with Gasteiger partial charge in [0.05, 0.1) is 0 Å². The fourth-order valence-electron chi connectivity index (χ4n) is 8.21. The molecule has 0 bridgehead atoms. The predicted octanol–water partition coefficient (Wildman–Crippen LogP) is 20.5. The predicted molar refractivity (Wildman–Crippen MR) is 272 cm³/mol. The summed E-state index contributed by atoms with van der Waals surface area (Å²) >= 11 is 0. The van der Waals surface area contributed by atoms with Crippen molar-refractivity contribution < 1.29 is 0 Å². The number of unbranched alkanes of at least 4 members (excludes halogenated alkanes) is 1. The number of aryl methyl sites for hydroxylation is 1. The van der Waals surface area contributed by atoms with Crippen molar-refractivity contribution in [2.24, 2.45) is 78.8 Å². The van der Waals surface area contributed by atoms with Crippen molar-refractivity contribution in [3.05, 3.63) is 35.9 Å². The molecule has 0 nitrogen and oxygen atoms in total. The first-order valence-electron chi connectivity index (χ1n) is 24.9. The van der Waals surface area contributed by atoms with Gasteiger partial charge in [-0.1, -0.05) is 257 Å². The van der Waals surface area contributed by atoms with E-state index in [9.17, 15) is 0 Å². The Kier molecular flexibility index (Phi) is 26.9. The summed E-state index contributed by atoms with van der Waals surface area (Å²) < 4.78 is 0. The van der Waals surface area contributed by atoms with Gasteiger partial charge in [0.25, 0.3) is 0 Å². The van der Waals surface area contributed by atoms with E-state index in [-0.39, 0.29) is 0 Å². The van der Waals surface area contributed by atoms with Crippen molar-refractivity contribution in [2.75, 3.05) is 0 Å². The van der Waals surface area contributed by atoms with E-state index in [0.717, 1.165) is 35.5 Å². The van der Waals surface area contributed by atoms with E-state index < -0.39 is 0 Å². The zero-order valence-electron chi connectivity index (χ0n) is 46.2. The van der Waals surface area contributed by atoms with Gasteiger partial charge in [0, 0.05) is 0 Å². The molecule has 0 radical (unpaired) electrons. The van der Waals surface area contributed by atoms with Crippen LogP contribution in [0.3, 0.4) is 0 Å². The molecule has 1 aromatic carbocycles. The van der Waals surface area contributed by atoms with E-state index in [1.54, 1.807) is 0 Å². The summed E-state index contributed by atoms with van der Waals surface area (Å²) in [6.07, 6.45) is 12.0. The highest BCUT2D eigenvalue weighted by Gasteiger charge is 2.53. The molecule has 0 heteroatoms. The molecule has 0 spiro atoms. The van der Waals surface area contributed by atoms with Crippen LogP contribution in [-0.4, -0.2) is 0 Å². The zero-order valence-corrected chi connectivity index (χ0v) is 46.2. The largest absolute Gasteiger partial charge is 0.0654 e. The van der Waals surface area contributed by atoms with Crippen LogP contribution in [0.1, 0.15) is 258 Å². The zero-order chi connectivity index (χ0) is 46.9. The fourth-order valence-corrected chi connectivity index (χ4v) is 8.21. The molecule has 0 N–H and O–H groups in total. The molecule has 4 aliphatic rings. The average Bonchev–Trinajstić information content (AvgIpc) is 3.09. The van der Waals surface area contributed by atoms with Gasteiger partial charge < -0.3 is 0 Å². The Bertz CT molecular complexity index is 1030. The maximum atomic E-state index is 2.38. The summed E-state index contributed by atoms with van der Waals surface area (Å²) in [5, 5.41) is 0. The molecule has 5 rings (SSSR count). The molecule has 0 aromatic heterocycles. The Labute approximate surface area is 371 Å². The third-order valence-corrected chi connectivity index (χ3v) is 17.9. The summed E-state index contributed by atoms with van der Waals surface area (Å²) in [5.41, 5.74) is 6.11. The van der Waals surface area contributed by atoms with Crippen LogP contribution in [0.5, 0.6) is 0 Å². The van der Waals surface area contributed by atoms with Crippen LogP contribution in [0.2, 0.25) is 0 Å². The minimum absolute atomic E-state index is 0.576. The highest BCUT2D eigenvalue weighted by molar-refractivity contribution is 5.14. The van der Waals surface area contributed by atoms with Crippen LogP contribution < -0.4 is 0 Å². The van der Waals surface area contributed by atoms with Crippen LogP contribution in [0.25, 0.3) is 0 Å². The summed E-state index contributed by atoms with van der Waals surface area (Å²) in [6.45, 7) is 67.1. The van der Waals surface area contributed by atoms with Gasteiger partial charge in [-0.3, -0.25) is 0 Å². The molecule has 58 heavy (non-hydrogen) atoms. The molecule has 4 unspecified atom stereocenters. The van der Waals surface area contributed by atoms with Gasteiger partial charge in [0.2, 0.25) is 0 Å². The van der Waals surface area contributed by atoms with Crippen molar-refractivity contribution in [3.8, 4) is 0 Å². The Balaban J connectivity index is -0.000000608. The van der Waals surface area contributed by atoms with E-state index in [1.165, 1.54) is 63.4 Å². The van der Waals surface area contributed by atoms with E-state index >= 15 is 0 Å². The summed E-state index contributed by atoms with van der Waals surface area (Å²) in [5.74, 6) is 5.41. The Morgan fingerprint density at radius 2 is 0.621 bits per heavy atom. The maximum absolute atomic E-state index is 2.38. The van der Waals surface area contributed by atoms with Crippen LogP contribution >= 0.6 is 0 Å². The molecule has 4 saturated carbocycles. The Morgan fingerprint density at radius 1 is 0.414 bits per heavy atom. The van der Waals surface area contributed by atoms with Gasteiger partial charge in [0.15, 0.2) is 0 Å². The minimum Gasteiger partial charge on any atom is -0.0654 e. The topological polar surface area (TPSA) is 0 Å². The number of rotatable bonds is 4. The van der Waals surface area contributed by atoms with Gasteiger partial charge in [0.1, 0.15) is 0 Å². The highest BCUT2D eigenvalue weighted by atomic mass is 14.6. The quantitative estimate of drug-likeness (QED) is 0.284. The molecule has 0 heterocycles. The molecule has 4 fully saturated rings. The van der Waals surface area contributed by atoms with Crippen molar-refractivity contribution in [1.29, 1.82) is 0 Å². The van der Waals surface area contributed by atoms with Gasteiger partial charge in [-0.15, -0.1) is 0 Å². The summed E-state index contributed by atoms with van der Waals surface area (Å²) in [7, 11) is 0. The molecule has 0 amide bonds. The van der Waals surface area contributed by atoms with E-state index in [2.05, 4.69) is 231 Å². The number of benzene rings is 1. The van der Waals surface area contributed by atoms with E-state index in [4.69, 9.17) is 0 Å². The average molecular weight is 814 g/mol. The monoisotopic (exact) mass is 813 g/mol. The molecule has 0 aliphatic heterocycles. The third kappa shape index (κ3) is 18.7. The molecule has 4 atom stereocenters. The standard InChI is InChI=1S/4C9H18.C9H12.C5H12.2C4H10/c4*1-7-6-8(2,3)9(7,4)5;1-2-6-9-7-4-3-5-8-9;1-4-5(2)3;1-4(2)3;1-3-4-2/h4*7H,6H2,1-5H3;3-5,7-8H,2,6H2,1H3;5H,4H2,1-3H3;4H,1-3H3;3-4H2,1-2H3. The maximum Gasteiger partial charge on any atom is -0.0277 e.